The van der Waals surface area contributed by atoms with Crippen LogP contribution in [-0.4, -0.2) is 62.9 Å². The molecule has 9 nitrogen and oxygen atoms in total. The van der Waals surface area contributed by atoms with Crippen molar-refractivity contribution in [3.05, 3.63) is 57.9 Å². The summed E-state index contributed by atoms with van der Waals surface area (Å²) in [6.45, 7) is 3.54. The molecule has 2 unspecified atom stereocenters. The molecule has 3 aliphatic heterocycles. The number of carbonyl (C=O) groups excluding carboxylic acids is 3. The lowest BCUT2D eigenvalue weighted by Crippen LogP contribution is -2.52. The Hall–Kier alpha value is -2.88. The quantitative estimate of drug-likeness (QED) is 0.614. The summed E-state index contributed by atoms with van der Waals surface area (Å²) in [5.74, 6) is -0.829. The van der Waals surface area contributed by atoms with Crippen LogP contribution in [0.15, 0.2) is 30.3 Å². The van der Waals surface area contributed by atoms with Gasteiger partial charge in [-0.1, -0.05) is 23.7 Å². The van der Waals surface area contributed by atoms with E-state index >= 15 is 0 Å². The molecule has 5 rings (SSSR count). The third-order valence-corrected chi connectivity index (χ3v) is 6.78. The van der Waals surface area contributed by atoms with Crippen LogP contribution in [0.2, 0.25) is 5.15 Å². The average Bonchev–Trinajstić information content (AvgIpc) is 3.44. The zero-order valence-corrected chi connectivity index (χ0v) is 18.8. The topological polar surface area (TPSA) is 108 Å². The van der Waals surface area contributed by atoms with Gasteiger partial charge in [-0.3, -0.25) is 24.6 Å². The van der Waals surface area contributed by atoms with Gasteiger partial charge in [-0.2, -0.15) is 5.10 Å². The second-order valence-corrected chi connectivity index (χ2v) is 9.18. The van der Waals surface area contributed by atoms with Gasteiger partial charge >= 0.3 is 0 Å². The Bertz CT molecular complexity index is 1090. The fourth-order valence-electron chi connectivity index (χ4n) is 4.84. The molecule has 1 aromatic heterocycles. The molecule has 2 atom stereocenters. The van der Waals surface area contributed by atoms with Crippen molar-refractivity contribution in [2.24, 2.45) is 0 Å². The van der Waals surface area contributed by atoms with Crippen LogP contribution in [0.4, 0.5) is 0 Å². The van der Waals surface area contributed by atoms with Crippen molar-refractivity contribution in [3.63, 3.8) is 0 Å². The highest BCUT2D eigenvalue weighted by Crippen LogP contribution is 2.29. The Kier molecular flexibility index (Phi) is 6.09. The Morgan fingerprint density at radius 1 is 1.09 bits per heavy atom. The summed E-state index contributed by atoms with van der Waals surface area (Å²) in [5.41, 5.74) is 3.41. The third kappa shape index (κ3) is 4.62. The van der Waals surface area contributed by atoms with Gasteiger partial charge in [0.25, 0.3) is 5.91 Å². The number of aromatic nitrogens is 2. The maximum Gasteiger partial charge on any atom is 0.255 e. The lowest BCUT2D eigenvalue weighted by atomic mass is 10.0. The van der Waals surface area contributed by atoms with Gasteiger partial charge in [-0.05, 0) is 48.7 Å². The van der Waals surface area contributed by atoms with Crippen molar-refractivity contribution < 1.29 is 14.4 Å². The number of piperidine rings is 1. The summed E-state index contributed by atoms with van der Waals surface area (Å²) in [6.07, 6.45) is 1.65. The first-order chi connectivity index (χ1) is 16.0. The lowest BCUT2D eigenvalue weighted by molar-refractivity contribution is -0.136. The number of benzene rings is 1. The van der Waals surface area contributed by atoms with Crippen LogP contribution in [0.25, 0.3) is 0 Å². The average molecular weight is 469 g/mol. The lowest BCUT2D eigenvalue weighted by Gasteiger charge is -2.29. The van der Waals surface area contributed by atoms with E-state index in [1.807, 2.05) is 24.3 Å². The van der Waals surface area contributed by atoms with Crippen molar-refractivity contribution in [3.8, 4) is 0 Å². The van der Waals surface area contributed by atoms with E-state index < -0.39 is 11.9 Å². The summed E-state index contributed by atoms with van der Waals surface area (Å²) in [7, 11) is 0. The number of rotatable bonds is 6. The minimum atomic E-state index is -0.601. The largest absolute Gasteiger partial charge is 0.322 e. The second kappa shape index (κ2) is 9.17. The van der Waals surface area contributed by atoms with Gasteiger partial charge in [0.1, 0.15) is 6.04 Å². The van der Waals surface area contributed by atoms with Crippen LogP contribution in [0.1, 0.15) is 46.4 Å². The first kappa shape index (κ1) is 21.9. The highest BCUT2D eigenvalue weighted by Gasteiger charge is 2.39. The van der Waals surface area contributed by atoms with Gasteiger partial charge < -0.3 is 10.2 Å². The number of imide groups is 1. The van der Waals surface area contributed by atoms with E-state index in [1.165, 1.54) is 0 Å². The number of halogens is 1. The molecule has 33 heavy (non-hydrogen) atoms. The second-order valence-electron chi connectivity index (χ2n) is 8.79. The van der Waals surface area contributed by atoms with Crippen molar-refractivity contribution >= 4 is 29.3 Å². The maximum absolute atomic E-state index is 13.1. The van der Waals surface area contributed by atoms with Gasteiger partial charge in [0.05, 0.1) is 5.69 Å². The van der Waals surface area contributed by atoms with Gasteiger partial charge in [0, 0.05) is 44.2 Å². The Labute approximate surface area is 196 Å². The van der Waals surface area contributed by atoms with Gasteiger partial charge in [0.15, 0.2) is 5.15 Å². The third-order valence-electron chi connectivity index (χ3n) is 6.58. The standard InChI is InChI=1S/C23H25ClN6O3/c24-20-5-3-16(27-28-20)13-29(17-7-8-25-10-17)11-14-1-2-15-12-30(23(33)18(15)9-14)19-4-6-21(31)26-22(19)32/h1-3,5,9,17,19,25H,4,6-8,10-13H2,(H,26,31,32). The predicted octanol–water partition coefficient (Wildman–Crippen LogP) is 1.26. The molecule has 1 aromatic carbocycles. The smallest absolute Gasteiger partial charge is 0.255 e. The van der Waals surface area contributed by atoms with Crippen LogP contribution in [0, 0.1) is 0 Å². The van der Waals surface area contributed by atoms with Gasteiger partial charge in [0.2, 0.25) is 11.8 Å². The van der Waals surface area contributed by atoms with E-state index in [4.69, 9.17) is 11.6 Å². The zero-order chi connectivity index (χ0) is 22.9. The number of hydrogen-bond acceptors (Lipinski definition) is 7. The fraction of sp³-hybridized carbons (Fsp3) is 0.435. The minimum absolute atomic E-state index is 0.154. The number of fused-ring (bicyclic) bond motifs is 1. The van der Waals surface area contributed by atoms with Crippen molar-refractivity contribution in [1.29, 1.82) is 0 Å². The summed E-state index contributed by atoms with van der Waals surface area (Å²) < 4.78 is 0. The molecule has 0 radical (unpaired) electrons. The molecule has 3 amide bonds. The van der Waals surface area contributed by atoms with Crippen molar-refractivity contribution in [1.82, 2.24) is 30.6 Å². The van der Waals surface area contributed by atoms with Crippen LogP contribution >= 0.6 is 11.6 Å². The van der Waals surface area contributed by atoms with E-state index in [0.29, 0.717) is 42.8 Å². The van der Waals surface area contributed by atoms with E-state index in [-0.39, 0.29) is 18.2 Å². The Morgan fingerprint density at radius 2 is 1.97 bits per heavy atom. The summed E-state index contributed by atoms with van der Waals surface area (Å²) in [5, 5.41) is 14.3. The monoisotopic (exact) mass is 468 g/mol. The molecule has 10 heteroatoms. The molecule has 2 saturated heterocycles. The molecule has 2 aromatic rings. The van der Waals surface area contributed by atoms with E-state index in [2.05, 4.69) is 25.7 Å². The van der Waals surface area contributed by atoms with Gasteiger partial charge in [-0.25, -0.2) is 0 Å². The highest BCUT2D eigenvalue weighted by atomic mass is 35.5. The molecule has 2 N–H and O–H groups in total. The molecule has 0 aliphatic carbocycles. The predicted molar refractivity (Wildman–Crippen MR) is 120 cm³/mol. The molecule has 0 saturated carbocycles. The molecular weight excluding hydrogens is 444 g/mol. The number of carbonyl (C=O) groups is 3. The maximum atomic E-state index is 13.1. The molecule has 3 aliphatic rings. The van der Waals surface area contributed by atoms with E-state index in [0.717, 1.165) is 36.3 Å². The first-order valence-corrected chi connectivity index (χ1v) is 11.5. The van der Waals surface area contributed by atoms with Crippen molar-refractivity contribution in [2.45, 2.75) is 51.0 Å². The van der Waals surface area contributed by atoms with Gasteiger partial charge in [-0.15, -0.1) is 5.10 Å². The Morgan fingerprint density at radius 3 is 2.70 bits per heavy atom. The van der Waals surface area contributed by atoms with Crippen LogP contribution in [0.3, 0.4) is 0 Å². The molecular formula is C23H25ClN6O3. The van der Waals surface area contributed by atoms with Crippen LogP contribution in [0.5, 0.6) is 0 Å². The molecule has 2 fully saturated rings. The van der Waals surface area contributed by atoms with E-state index in [9.17, 15) is 14.4 Å². The molecule has 4 heterocycles. The van der Waals surface area contributed by atoms with Crippen LogP contribution in [-0.2, 0) is 29.2 Å². The van der Waals surface area contributed by atoms with E-state index in [1.54, 1.807) is 11.0 Å². The van der Waals surface area contributed by atoms with Crippen molar-refractivity contribution in [2.75, 3.05) is 13.1 Å². The zero-order valence-electron chi connectivity index (χ0n) is 18.1. The highest BCUT2D eigenvalue weighted by molar-refractivity contribution is 6.29. The molecule has 172 valence electrons. The summed E-state index contributed by atoms with van der Waals surface area (Å²) in [4.78, 5) is 40.8. The number of amides is 3. The summed E-state index contributed by atoms with van der Waals surface area (Å²) >= 11 is 5.88. The normalized spacial score (nSPS) is 22.7. The minimum Gasteiger partial charge on any atom is -0.322 e. The Balaban J connectivity index is 1.33. The summed E-state index contributed by atoms with van der Waals surface area (Å²) in [6, 6.07) is 9.33. The molecule has 0 spiro atoms. The fourth-order valence-corrected chi connectivity index (χ4v) is 4.94. The van der Waals surface area contributed by atoms with Crippen LogP contribution < -0.4 is 10.6 Å². The molecule has 0 bridgehead atoms. The number of nitrogens with one attached hydrogen (secondary N) is 2. The first-order valence-electron chi connectivity index (χ1n) is 11.2. The SMILES string of the molecule is O=C1CCC(N2Cc3ccc(CN(Cc4ccc(Cl)nn4)C4CCNC4)cc3C2=O)C(=O)N1. The number of nitrogens with zero attached hydrogens (tertiary/aromatic N) is 4. The number of hydrogen-bond donors (Lipinski definition) is 2.